The fourth-order valence-corrected chi connectivity index (χ4v) is 1.23. The molecule has 2 N–H and O–H groups in total. The number of nitrogens with one attached hydrogen (secondary N) is 2. The van der Waals surface area contributed by atoms with Crippen molar-refractivity contribution in [1.82, 2.24) is 15.3 Å². The monoisotopic (exact) mass is 271 g/mol. The minimum Gasteiger partial charge on any atom is -0.292 e. The van der Waals surface area contributed by atoms with Gasteiger partial charge in [0.15, 0.2) is 5.03 Å². The van der Waals surface area contributed by atoms with Gasteiger partial charge in [-0.1, -0.05) is 22.7 Å². The lowest BCUT2D eigenvalue weighted by atomic mass is 10.3. The van der Waals surface area contributed by atoms with Gasteiger partial charge in [0.2, 0.25) is 5.91 Å². The van der Waals surface area contributed by atoms with Crippen LogP contribution in [0.2, 0.25) is 5.15 Å². The second-order valence-corrected chi connectivity index (χ2v) is 3.70. The van der Waals surface area contributed by atoms with Gasteiger partial charge in [-0.3, -0.25) is 15.5 Å². The van der Waals surface area contributed by atoms with Crippen LogP contribution in [-0.4, -0.2) is 26.9 Å². The highest BCUT2D eigenvalue weighted by Crippen LogP contribution is 2.08. The van der Waals surface area contributed by atoms with E-state index in [1.54, 1.807) is 6.07 Å². The van der Waals surface area contributed by atoms with Crippen molar-refractivity contribution in [2.75, 3.05) is 0 Å². The van der Waals surface area contributed by atoms with Crippen LogP contribution in [-0.2, 0) is 11.3 Å². The summed E-state index contributed by atoms with van der Waals surface area (Å²) >= 11 is 5.58. The number of amides is 1. The van der Waals surface area contributed by atoms with Gasteiger partial charge in [0, 0.05) is 13.1 Å². The topological polar surface area (TPSA) is 112 Å². The first-order valence-corrected chi connectivity index (χ1v) is 5.16. The molecule has 0 unspecified atom stereocenters. The van der Waals surface area contributed by atoms with Crippen LogP contribution in [0.5, 0.6) is 0 Å². The van der Waals surface area contributed by atoms with E-state index < -0.39 is 16.9 Å². The first-order valence-electron chi connectivity index (χ1n) is 4.78. The third-order valence-corrected chi connectivity index (χ3v) is 2.09. The summed E-state index contributed by atoms with van der Waals surface area (Å²) < 4.78 is 0. The van der Waals surface area contributed by atoms with Gasteiger partial charge in [-0.15, -0.1) is 0 Å². The average molecular weight is 272 g/mol. The Kier molecular flexibility index (Phi) is 4.55. The predicted molar refractivity (Wildman–Crippen MR) is 63.3 cm³/mol. The first-order chi connectivity index (χ1) is 8.40. The van der Waals surface area contributed by atoms with Gasteiger partial charge < -0.3 is 0 Å². The number of guanidine groups is 1. The SMILES string of the molecule is CC(=O)NC(=N)N(Cc1ccc(Cl)nc1)[N+](=O)[O-]. The number of nitrogens with zero attached hydrogens (tertiary/aromatic N) is 3. The Hall–Kier alpha value is -2.22. The molecule has 1 heterocycles. The van der Waals surface area contributed by atoms with E-state index in [2.05, 4.69) is 4.98 Å². The highest BCUT2D eigenvalue weighted by molar-refractivity contribution is 6.29. The maximum absolute atomic E-state index is 10.8. The molecule has 0 aromatic carbocycles. The Morgan fingerprint density at radius 1 is 1.67 bits per heavy atom. The number of rotatable bonds is 3. The van der Waals surface area contributed by atoms with Gasteiger partial charge in [0.25, 0.3) is 5.96 Å². The molecule has 0 spiro atoms. The molecule has 0 aliphatic carbocycles. The molecule has 0 aliphatic rings. The molecule has 96 valence electrons. The van der Waals surface area contributed by atoms with Gasteiger partial charge in [-0.25, -0.2) is 15.1 Å². The van der Waals surface area contributed by atoms with Crippen LogP contribution in [0.15, 0.2) is 18.3 Å². The van der Waals surface area contributed by atoms with Gasteiger partial charge >= 0.3 is 0 Å². The minimum absolute atomic E-state index is 0.198. The minimum atomic E-state index is -0.785. The number of hydrogen-bond donors (Lipinski definition) is 2. The van der Waals surface area contributed by atoms with Crippen LogP contribution < -0.4 is 5.32 Å². The number of carbonyl (C=O) groups excluding carboxylic acids is 1. The second kappa shape index (κ2) is 5.92. The van der Waals surface area contributed by atoms with Crippen LogP contribution >= 0.6 is 11.6 Å². The van der Waals surface area contributed by atoms with Crippen LogP contribution in [0.4, 0.5) is 0 Å². The maximum Gasteiger partial charge on any atom is 0.261 e. The molecule has 1 amide bonds. The number of hydrogen-bond acceptors (Lipinski definition) is 5. The maximum atomic E-state index is 10.8. The molecular weight excluding hydrogens is 262 g/mol. The summed E-state index contributed by atoms with van der Waals surface area (Å²) in [6.45, 7) is 0.965. The molecule has 0 aliphatic heterocycles. The van der Waals surface area contributed by atoms with Crippen LogP contribution in [0, 0.1) is 15.5 Å². The summed E-state index contributed by atoms with van der Waals surface area (Å²) in [6, 6.07) is 3.03. The molecule has 0 saturated heterocycles. The van der Waals surface area contributed by atoms with E-state index in [1.165, 1.54) is 12.3 Å². The fourth-order valence-electron chi connectivity index (χ4n) is 1.12. The Morgan fingerprint density at radius 2 is 2.33 bits per heavy atom. The van der Waals surface area contributed by atoms with Crippen molar-refractivity contribution >= 4 is 23.5 Å². The van der Waals surface area contributed by atoms with E-state index in [-0.39, 0.29) is 11.7 Å². The van der Waals surface area contributed by atoms with Crippen molar-refractivity contribution < 1.29 is 9.83 Å². The molecule has 0 radical (unpaired) electrons. The smallest absolute Gasteiger partial charge is 0.261 e. The fraction of sp³-hybridized carbons (Fsp3) is 0.222. The number of halogens is 1. The molecule has 0 atom stereocenters. The molecule has 0 bridgehead atoms. The average Bonchev–Trinajstić information content (AvgIpc) is 2.26. The summed E-state index contributed by atoms with van der Waals surface area (Å²) in [5.41, 5.74) is 0.492. The lowest BCUT2D eigenvalue weighted by Crippen LogP contribution is -2.45. The van der Waals surface area contributed by atoms with Crippen molar-refractivity contribution in [3.63, 3.8) is 0 Å². The van der Waals surface area contributed by atoms with Gasteiger partial charge in [-0.05, 0) is 11.6 Å². The molecular formula is C9H10ClN5O3. The predicted octanol–water partition coefficient (Wildman–Crippen LogP) is 0.800. The molecule has 18 heavy (non-hydrogen) atoms. The third kappa shape index (κ3) is 3.98. The van der Waals surface area contributed by atoms with Crippen molar-refractivity contribution in [3.8, 4) is 0 Å². The molecule has 1 rings (SSSR count). The normalized spacial score (nSPS) is 9.67. The summed E-state index contributed by atoms with van der Waals surface area (Å²) in [5.74, 6) is -1.16. The lowest BCUT2D eigenvalue weighted by molar-refractivity contribution is -0.633. The molecule has 9 heteroatoms. The van der Waals surface area contributed by atoms with Crippen molar-refractivity contribution in [2.24, 2.45) is 0 Å². The van der Waals surface area contributed by atoms with E-state index in [9.17, 15) is 14.9 Å². The van der Waals surface area contributed by atoms with Gasteiger partial charge in [-0.2, -0.15) is 0 Å². The standard InChI is InChI=1S/C9H10ClN5O3/c1-6(16)13-9(11)14(15(17)18)5-7-2-3-8(10)12-4-7/h2-4H,5H2,1H3,(H2,11,13,16). The largest absolute Gasteiger partial charge is 0.292 e. The highest BCUT2D eigenvalue weighted by Gasteiger charge is 2.22. The Labute approximate surface area is 107 Å². The quantitative estimate of drug-likeness (QED) is 0.278. The summed E-state index contributed by atoms with van der Waals surface area (Å²) in [6.07, 6.45) is 1.36. The highest BCUT2D eigenvalue weighted by atomic mass is 35.5. The Balaban J connectivity index is 2.80. The molecule has 0 fully saturated rings. The van der Waals surface area contributed by atoms with E-state index in [0.717, 1.165) is 6.92 Å². The van der Waals surface area contributed by atoms with Crippen molar-refractivity contribution in [3.05, 3.63) is 39.2 Å². The Bertz CT molecular complexity index is 476. The molecule has 1 aromatic rings. The third-order valence-electron chi connectivity index (χ3n) is 1.87. The van der Waals surface area contributed by atoms with E-state index in [0.29, 0.717) is 10.6 Å². The zero-order valence-corrected chi connectivity index (χ0v) is 10.1. The lowest BCUT2D eigenvalue weighted by Gasteiger charge is -2.14. The molecule has 0 saturated carbocycles. The number of aromatic nitrogens is 1. The number of hydrazine groups is 1. The van der Waals surface area contributed by atoms with E-state index in [4.69, 9.17) is 17.0 Å². The zero-order valence-electron chi connectivity index (χ0n) is 9.38. The second-order valence-electron chi connectivity index (χ2n) is 3.31. The van der Waals surface area contributed by atoms with Crippen LogP contribution in [0.3, 0.4) is 0 Å². The first kappa shape index (κ1) is 13.8. The molecule has 8 nitrogen and oxygen atoms in total. The number of pyridine rings is 1. The number of nitro groups is 1. The summed E-state index contributed by atoms with van der Waals surface area (Å²) in [7, 11) is 0. The summed E-state index contributed by atoms with van der Waals surface area (Å²) in [5, 5.41) is 20.2. The van der Waals surface area contributed by atoms with Crippen LogP contribution in [0.1, 0.15) is 12.5 Å². The summed E-state index contributed by atoms with van der Waals surface area (Å²) in [4.78, 5) is 25.3. The zero-order chi connectivity index (χ0) is 13.7. The van der Waals surface area contributed by atoms with E-state index >= 15 is 0 Å². The van der Waals surface area contributed by atoms with E-state index in [1.807, 2.05) is 5.32 Å². The van der Waals surface area contributed by atoms with Gasteiger partial charge in [0.05, 0.1) is 0 Å². The van der Waals surface area contributed by atoms with Crippen molar-refractivity contribution in [2.45, 2.75) is 13.5 Å². The number of carbonyl (C=O) groups is 1. The van der Waals surface area contributed by atoms with Crippen LogP contribution in [0.25, 0.3) is 0 Å². The van der Waals surface area contributed by atoms with Gasteiger partial charge in [0.1, 0.15) is 11.7 Å². The van der Waals surface area contributed by atoms with Crippen molar-refractivity contribution in [1.29, 1.82) is 5.41 Å². The molecule has 1 aromatic heterocycles. The Morgan fingerprint density at radius 3 is 2.78 bits per heavy atom.